The number of rotatable bonds is 3. The molecule has 2 atom stereocenters. The lowest BCUT2D eigenvalue weighted by atomic mass is 10.2. The van der Waals surface area contributed by atoms with Crippen LogP contribution in [0.15, 0.2) is 30.3 Å². The van der Waals surface area contributed by atoms with Gasteiger partial charge in [0.25, 0.3) is 5.91 Å². The highest BCUT2D eigenvalue weighted by atomic mass is 16.5. The molecule has 0 bridgehead atoms. The van der Waals surface area contributed by atoms with E-state index in [0.29, 0.717) is 5.69 Å². The summed E-state index contributed by atoms with van der Waals surface area (Å²) in [5, 5.41) is 4.13. The van der Waals surface area contributed by atoms with Gasteiger partial charge in [-0.2, -0.15) is 0 Å². The quantitative estimate of drug-likeness (QED) is 0.888. The van der Waals surface area contributed by atoms with Crippen molar-refractivity contribution in [1.82, 2.24) is 10.3 Å². The van der Waals surface area contributed by atoms with E-state index in [2.05, 4.69) is 10.3 Å². The van der Waals surface area contributed by atoms with Crippen LogP contribution in [0.4, 0.5) is 0 Å². The minimum Gasteiger partial charge on any atom is -0.381 e. The second-order valence-electron chi connectivity index (χ2n) is 5.11. The molecule has 0 aliphatic heterocycles. The zero-order valence-corrected chi connectivity index (χ0v) is 11.0. The highest BCUT2D eigenvalue weighted by Gasteiger charge is 2.26. The molecule has 0 spiro atoms. The van der Waals surface area contributed by atoms with Gasteiger partial charge in [-0.3, -0.25) is 4.79 Å². The van der Waals surface area contributed by atoms with Crippen molar-refractivity contribution in [2.24, 2.45) is 0 Å². The molecule has 1 fully saturated rings. The molecule has 4 nitrogen and oxygen atoms in total. The maximum Gasteiger partial charge on any atom is 0.267 e. The van der Waals surface area contributed by atoms with Gasteiger partial charge in [-0.1, -0.05) is 18.2 Å². The van der Waals surface area contributed by atoms with Gasteiger partial charge in [-0.25, -0.2) is 0 Å². The number of aromatic amines is 1. The minimum absolute atomic E-state index is 0.0297. The Morgan fingerprint density at radius 3 is 2.95 bits per heavy atom. The van der Waals surface area contributed by atoms with Gasteiger partial charge in [0, 0.05) is 24.1 Å². The number of carbonyl (C=O) groups is 1. The first kappa shape index (κ1) is 12.2. The fraction of sp³-hybridized carbons (Fsp3) is 0.400. The van der Waals surface area contributed by atoms with E-state index in [-0.39, 0.29) is 18.1 Å². The Bertz CT molecular complexity index is 558. The molecule has 1 aromatic carbocycles. The molecule has 1 aliphatic rings. The summed E-state index contributed by atoms with van der Waals surface area (Å²) in [6.45, 7) is 0. The van der Waals surface area contributed by atoms with Gasteiger partial charge in [-0.15, -0.1) is 0 Å². The van der Waals surface area contributed by atoms with Crippen LogP contribution in [0.3, 0.4) is 0 Å². The second kappa shape index (κ2) is 5.05. The van der Waals surface area contributed by atoms with Gasteiger partial charge in [0.15, 0.2) is 0 Å². The third-order valence-corrected chi connectivity index (χ3v) is 3.83. The molecule has 2 unspecified atom stereocenters. The number of H-pyrrole nitrogens is 1. The Hall–Kier alpha value is -1.81. The van der Waals surface area contributed by atoms with Gasteiger partial charge >= 0.3 is 0 Å². The third-order valence-electron chi connectivity index (χ3n) is 3.83. The van der Waals surface area contributed by atoms with Crippen molar-refractivity contribution in [1.29, 1.82) is 0 Å². The average Bonchev–Trinajstić information content (AvgIpc) is 3.04. The molecule has 4 heteroatoms. The molecular weight excluding hydrogens is 240 g/mol. The Morgan fingerprint density at radius 1 is 1.37 bits per heavy atom. The lowest BCUT2D eigenvalue weighted by molar-refractivity contribution is 0.0911. The fourth-order valence-corrected chi connectivity index (χ4v) is 2.74. The summed E-state index contributed by atoms with van der Waals surface area (Å²) in [7, 11) is 1.73. The number of hydrogen-bond donors (Lipinski definition) is 2. The van der Waals surface area contributed by atoms with Crippen molar-refractivity contribution in [3.8, 4) is 0 Å². The van der Waals surface area contributed by atoms with Gasteiger partial charge in [0.2, 0.25) is 0 Å². The van der Waals surface area contributed by atoms with E-state index < -0.39 is 0 Å². The SMILES string of the molecule is COC1CCC(NC(=O)c2cc3ccccc3[nH]2)C1. The number of benzene rings is 1. The van der Waals surface area contributed by atoms with Crippen LogP contribution in [0.2, 0.25) is 0 Å². The number of ether oxygens (including phenoxy) is 1. The summed E-state index contributed by atoms with van der Waals surface area (Å²) >= 11 is 0. The van der Waals surface area contributed by atoms with Crippen molar-refractivity contribution >= 4 is 16.8 Å². The number of fused-ring (bicyclic) bond motifs is 1. The van der Waals surface area contributed by atoms with Crippen LogP contribution in [0, 0.1) is 0 Å². The first-order valence-corrected chi connectivity index (χ1v) is 6.67. The molecule has 0 saturated heterocycles. The number of nitrogens with one attached hydrogen (secondary N) is 2. The van der Waals surface area contributed by atoms with E-state index in [9.17, 15) is 4.79 Å². The monoisotopic (exact) mass is 258 g/mol. The van der Waals surface area contributed by atoms with Crippen LogP contribution < -0.4 is 5.32 Å². The van der Waals surface area contributed by atoms with E-state index in [1.807, 2.05) is 30.3 Å². The second-order valence-corrected chi connectivity index (χ2v) is 5.11. The summed E-state index contributed by atoms with van der Waals surface area (Å²) in [5.41, 5.74) is 1.62. The smallest absolute Gasteiger partial charge is 0.267 e. The van der Waals surface area contributed by atoms with Gasteiger partial charge in [-0.05, 0) is 31.4 Å². The van der Waals surface area contributed by atoms with Crippen molar-refractivity contribution < 1.29 is 9.53 Å². The normalized spacial score (nSPS) is 22.8. The number of carbonyl (C=O) groups excluding carboxylic acids is 1. The molecule has 1 aromatic heterocycles. The van der Waals surface area contributed by atoms with E-state index in [0.717, 1.165) is 30.2 Å². The summed E-state index contributed by atoms with van der Waals surface area (Å²) < 4.78 is 5.32. The van der Waals surface area contributed by atoms with Gasteiger partial charge in [0.05, 0.1) is 6.10 Å². The Kier molecular flexibility index (Phi) is 3.25. The molecular formula is C15H18N2O2. The molecule has 2 N–H and O–H groups in total. The molecule has 0 radical (unpaired) electrons. The Labute approximate surface area is 112 Å². The maximum atomic E-state index is 12.2. The number of amides is 1. The number of hydrogen-bond acceptors (Lipinski definition) is 2. The highest BCUT2D eigenvalue weighted by Crippen LogP contribution is 2.22. The lowest BCUT2D eigenvalue weighted by Gasteiger charge is -2.12. The predicted octanol–water partition coefficient (Wildman–Crippen LogP) is 2.47. The summed E-state index contributed by atoms with van der Waals surface area (Å²) in [5.74, 6) is -0.0297. The number of para-hydroxylation sites is 1. The van der Waals surface area contributed by atoms with E-state index >= 15 is 0 Å². The summed E-state index contributed by atoms with van der Waals surface area (Å²) in [4.78, 5) is 15.3. The van der Waals surface area contributed by atoms with Crippen molar-refractivity contribution in [2.75, 3.05) is 7.11 Å². The van der Waals surface area contributed by atoms with Crippen molar-refractivity contribution in [3.63, 3.8) is 0 Å². The zero-order chi connectivity index (χ0) is 13.2. The van der Waals surface area contributed by atoms with Crippen LogP contribution in [0.25, 0.3) is 10.9 Å². The standard InChI is InChI=1S/C15H18N2O2/c1-19-12-7-6-11(9-12)16-15(18)14-8-10-4-2-3-5-13(10)17-14/h2-5,8,11-12,17H,6-7,9H2,1H3,(H,16,18). The first-order valence-electron chi connectivity index (χ1n) is 6.67. The number of methoxy groups -OCH3 is 1. The predicted molar refractivity (Wildman–Crippen MR) is 74.2 cm³/mol. The Morgan fingerprint density at radius 2 is 2.21 bits per heavy atom. The Balaban J connectivity index is 1.70. The molecule has 2 aromatic rings. The minimum atomic E-state index is -0.0297. The summed E-state index contributed by atoms with van der Waals surface area (Å²) in [6.07, 6.45) is 3.20. The largest absolute Gasteiger partial charge is 0.381 e. The molecule has 3 rings (SSSR count). The summed E-state index contributed by atoms with van der Waals surface area (Å²) in [6, 6.07) is 10.0. The highest BCUT2D eigenvalue weighted by molar-refractivity contribution is 5.98. The van der Waals surface area contributed by atoms with Crippen LogP contribution in [-0.2, 0) is 4.74 Å². The molecule has 1 saturated carbocycles. The van der Waals surface area contributed by atoms with Gasteiger partial charge in [0.1, 0.15) is 5.69 Å². The van der Waals surface area contributed by atoms with E-state index in [4.69, 9.17) is 4.74 Å². The molecule has 100 valence electrons. The zero-order valence-electron chi connectivity index (χ0n) is 11.0. The van der Waals surface area contributed by atoms with E-state index in [1.54, 1.807) is 7.11 Å². The van der Waals surface area contributed by atoms with Crippen LogP contribution in [0.1, 0.15) is 29.8 Å². The van der Waals surface area contributed by atoms with Crippen LogP contribution in [-0.4, -0.2) is 30.1 Å². The number of aromatic nitrogens is 1. The topological polar surface area (TPSA) is 54.1 Å². The van der Waals surface area contributed by atoms with Crippen molar-refractivity contribution in [3.05, 3.63) is 36.0 Å². The third kappa shape index (κ3) is 2.49. The van der Waals surface area contributed by atoms with E-state index in [1.165, 1.54) is 0 Å². The lowest BCUT2D eigenvalue weighted by Crippen LogP contribution is -2.33. The molecule has 1 amide bonds. The average molecular weight is 258 g/mol. The van der Waals surface area contributed by atoms with Crippen molar-refractivity contribution in [2.45, 2.75) is 31.4 Å². The molecule has 1 aliphatic carbocycles. The van der Waals surface area contributed by atoms with Gasteiger partial charge < -0.3 is 15.0 Å². The molecule has 19 heavy (non-hydrogen) atoms. The van der Waals surface area contributed by atoms with Crippen LogP contribution in [0.5, 0.6) is 0 Å². The maximum absolute atomic E-state index is 12.2. The fourth-order valence-electron chi connectivity index (χ4n) is 2.74. The van der Waals surface area contributed by atoms with Crippen LogP contribution >= 0.6 is 0 Å². The molecule has 1 heterocycles. The first-order chi connectivity index (χ1) is 9.26.